The Morgan fingerprint density at radius 2 is 2.14 bits per heavy atom. The number of thiocarbonyl (C=S) groups is 1. The topological polar surface area (TPSA) is 83.8 Å². The molecule has 0 aliphatic carbocycles. The van der Waals surface area contributed by atoms with E-state index >= 15 is 0 Å². The number of carbonyl (C=O) groups excluding carboxylic acids is 1. The van der Waals surface area contributed by atoms with Gasteiger partial charge in [0.25, 0.3) is 0 Å². The Hall–Kier alpha value is -2.21. The van der Waals surface area contributed by atoms with E-state index in [1.54, 1.807) is 12.4 Å². The molecule has 1 amide bonds. The molecule has 1 heterocycles. The number of nitrogens with zero attached hydrogens (tertiary/aromatic N) is 1. The van der Waals surface area contributed by atoms with Crippen LogP contribution in [0.15, 0.2) is 42.7 Å². The summed E-state index contributed by atoms with van der Waals surface area (Å²) >= 11 is 5.04. The minimum absolute atomic E-state index is 0.185. The normalized spacial score (nSPS) is 13.4. The number of imidazole rings is 1. The number of hydrogen-bond acceptors (Lipinski definition) is 3. The highest BCUT2D eigenvalue weighted by Gasteiger charge is 2.24. The van der Waals surface area contributed by atoms with Gasteiger partial charge in [0.15, 0.2) is 0 Å². The molecule has 0 saturated heterocycles. The molecule has 5 nitrogen and oxygen atoms in total. The number of benzene rings is 1. The number of carbonyl (C=O) groups is 1. The van der Waals surface area contributed by atoms with Gasteiger partial charge in [0.1, 0.15) is 5.82 Å². The molecule has 0 aliphatic rings. The first-order chi connectivity index (χ1) is 10.1. The molecular weight excluding hydrogens is 284 g/mol. The van der Waals surface area contributed by atoms with Crippen LogP contribution in [0.3, 0.4) is 0 Å². The lowest BCUT2D eigenvalue weighted by Gasteiger charge is -2.18. The van der Waals surface area contributed by atoms with Crippen LogP contribution in [0.25, 0.3) is 0 Å². The lowest BCUT2D eigenvalue weighted by Crippen LogP contribution is -2.40. The summed E-state index contributed by atoms with van der Waals surface area (Å²) in [7, 11) is 0. The maximum absolute atomic E-state index is 12.4. The van der Waals surface area contributed by atoms with E-state index in [9.17, 15) is 4.79 Å². The summed E-state index contributed by atoms with van der Waals surface area (Å²) in [6, 6.07) is 9.46. The Kier molecular flexibility index (Phi) is 5.05. The van der Waals surface area contributed by atoms with Crippen LogP contribution < -0.4 is 11.1 Å². The number of hydrogen-bond donors (Lipinski definition) is 3. The molecule has 0 fully saturated rings. The molecule has 2 atom stereocenters. The molecular formula is C15H18N4OS. The highest BCUT2D eigenvalue weighted by Crippen LogP contribution is 2.12. The lowest BCUT2D eigenvalue weighted by molar-refractivity contribution is -0.123. The van der Waals surface area contributed by atoms with Crippen LogP contribution in [0.4, 0.5) is 0 Å². The minimum Gasteiger partial charge on any atom is -0.393 e. The first-order valence-corrected chi connectivity index (χ1v) is 7.11. The monoisotopic (exact) mass is 302 g/mol. The number of amides is 1. The van der Waals surface area contributed by atoms with E-state index in [0.29, 0.717) is 12.2 Å². The number of aromatic nitrogens is 2. The number of aromatic amines is 1. The van der Waals surface area contributed by atoms with Crippen molar-refractivity contribution < 1.29 is 4.79 Å². The zero-order chi connectivity index (χ0) is 15.2. The molecule has 110 valence electrons. The molecule has 2 rings (SSSR count). The van der Waals surface area contributed by atoms with Crippen molar-refractivity contribution in [2.75, 3.05) is 0 Å². The van der Waals surface area contributed by atoms with Gasteiger partial charge in [-0.25, -0.2) is 4.98 Å². The van der Waals surface area contributed by atoms with Crippen LogP contribution >= 0.6 is 12.2 Å². The third-order valence-electron chi connectivity index (χ3n) is 3.23. The number of nitrogens with two attached hydrogens (primary N) is 1. The number of H-pyrrole nitrogens is 1. The summed E-state index contributed by atoms with van der Waals surface area (Å²) in [6.45, 7) is 1.86. The Labute approximate surface area is 129 Å². The molecule has 21 heavy (non-hydrogen) atoms. The number of rotatable bonds is 6. The quantitative estimate of drug-likeness (QED) is 0.710. The van der Waals surface area contributed by atoms with Crippen LogP contribution in [0.5, 0.6) is 0 Å². The summed E-state index contributed by atoms with van der Waals surface area (Å²) in [5, 5.41) is 2.88. The van der Waals surface area contributed by atoms with Crippen molar-refractivity contribution in [2.45, 2.75) is 19.4 Å². The van der Waals surface area contributed by atoms with Gasteiger partial charge in [-0.15, -0.1) is 0 Å². The second kappa shape index (κ2) is 6.99. The van der Waals surface area contributed by atoms with Crippen molar-refractivity contribution in [3.8, 4) is 0 Å². The fraction of sp³-hybridized carbons (Fsp3) is 0.267. The molecule has 1 aromatic carbocycles. The summed E-state index contributed by atoms with van der Waals surface area (Å²) in [4.78, 5) is 19.7. The molecule has 0 aliphatic heterocycles. The predicted molar refractivity (Wildman–Crippen MR) is 85.6 cm³/mol. The van der Waals surface area contributed by atoms with Gasteiger partial charge in [0.05, 0.1) is 16.9 Å². The van der Waals surface area contributed by atoms with E-state index in [-0.39, 0.29) is 16.9 Å². The van der Waals surface area contributed by atoms with Gasteiger partial charge in [0.2, 0.25) is 5.91 Å². The van der Waals surface area contributed by atoms with E-state index in [1.165, 1.54) is 0 Å². The van der Waals surface area contributed by atoms with Gasteiger partial charge in [0, 0.05) is 12.4 Å². The molecule has 1 aromatic heterocycles. The van der Waals surface area contributed by atoms with Gasteiger partial charge in [-0.05, 0) is 18.9 Å². The standard InChI is InChI=1S/C15H18N4OS/c1-10(14-17-7-8-18-14)19-15(20)12(13(16)21)9-11-5-3-2-4-6-11/h2-8,10,12H,9H2,1H3,(H2,16,21)(H,17,18)(H,19,20). The Morgan fingerprint density at radius 1 is 1.43 bits per heavy atom. The zero-order valence-corrected chi connectivity index (χ0v) is 12.6. The smallest absolute Gasteiger partial charge is 0.230 e. The van der Waals surface area contributed by atoms with E-state index in [4.69, 9.17) is 18.0 Å². The van der Waals surface area contributed by atoms with Gasteiger partial charge in [-0.1, -0.05) is 42.5 Å². The highest BCUT2D eigenvalue weighted by molar-refractivity contribution is 7.80. The second-order valence-electron chi connectivity index (χ2n) is 4.85. The lowest BCUT2D eigenvalue weighted by atomic mass is 9.98. The van der Waals surface area contributed by atoms with E-state index in [2.05, 4.69) is 15.3 Å². The SMILES string of the molecule is CC(NC(=O)C(Cc1ccccc1)C(N)=S)c1ncc[nH]1. The molecule has 4 N–H and O–H groups in total. The first kappa shape index (κ1) is 15.2. The summed E-state index contributed by atoms with van der Waals surface area (Å²) in [6.07, 6.45) is 3.85. The van der Waals surface area contributed by atoms with Crippen molar-refractivity contribution in [2.24, 2.45) is 11.7 Å². The van der Waals surface area contributed by atoms with Crippen molar-refractivity contribution >= 4 is 23.1 Å². The van der Waals surface area contributed by atoms with Crippen LogP contribution in [0, 0.1) is 5.92 Å². The van der Waals surface area contributed by atoms with Gasteiger partial charge >= 0.3 is 0 Å². The summed E-state index contributed by atoms with van der Waals surface area (Å²) < 4.78 is 0. The van der Waals surface area contributed by atoms with Crippen LogP contribution in [-0.4, -0.2) is 20.9 Å². The minimum atomic E-state index is -0.528. The zero-order valence-electron chi connectivity index (χ0n) is 11.7. The van der Waals surface area contributed by atoms with Gasteiger partial charge in [-0.3, -0.25) is 4.79 Å². The van der Waals surface area contributed by atoms with Crippen molar-refractivity contribution in [3.63, 3.8) is 0 Å². The largest absolute Gasteiger partial charge is 0.393 e. The molecule has 6 heteroatoms. The molecule has 2 unspecified atom stereocenters. The molecule has 0 bridgehead atoms. The van der Waals surface area contributed by atoms with Crippen molar-refractivity contribution in [1.29, 1.82) is 0 Å². The summed E-state index contributed by atoms with van der Waals surface area (Å²) in [5.74, 6) is -0.0141. The third kappa shape index (κ3) is 4.13. The van der Waals surface area contributed by atoms with E-state index in [0.717, 1.165) is 5.56 Å². The Bertz CT molecular complexity index is 597. The van der Waals surface area contributed by atoms with Crippen molar-refractivity contribution in [1.82, 2.24) is 15.3 Å². The predicted octanol–water partition coefficient (Wildman–Crippen LogP) is 1.73. The number of nitrogens with one attached hydrogen (secondary N) is 2. The highest BCUT2D eigenvalue weighted by atomic mass is 32.1. The van der Waals surface area contributed by atoms with Gasteiger partial charge < -0.3 is 16.0 Å². The second-order valence-corrected chi connectivity index (χ2v) is 5.32. The van der Waals surface area contributed by atoms with Crippen LogP contribution in [0.1, 0.15) is 24.4 Å². The average molecular weight is 302 g/mol. The van der Waals surface area contributed by atoms with E-state index in [1.807, 2.05) is 37.3 Å². The summed E-state index contributed by atoms with van der Waals surface area (Å²) in [5.41, 5.74) is 6.75. The molecule has 0 spiro atoms. The fourth-order valence-corrected chi connectivity index (χ4v) is 2.26. The molecule has 0 radical (unpaired) electrons. The maximum atomic E-state index is 12.4. The molecule has 2 aromatic rings. The van der Waals surface area contributed by atoms with Gasteiger partial charge in [-0.2, -0.15) is 0 Å². The van der Waals surface area contributed by atoms with Crippen molar-refractivity contribution in [3.05, 3.63) is 54.1 Å². The van der Waals surface area contributed by atoms with E-state index < -0.39 is 5.92 Å². The van der Waals surface area contributed by atoms with Crippen LogP contribution in [-0.2, 0) is 11.2 Å². The van der Waals surface area contributed by atoms with Crippen LogP contribution in [0.2, 0.25) is 0 Å². The average Bonchev–Trinajstić information content (AvgIpc) is 2.99. The third-order valence-corrected chi connectivity index (χ3v) is 3.52. The molecule has 0 saturated carbocycles. The first-order valence-electron chi connectivity index (χ1n) is 6.71. The maximum Gasteiger partial charge on any atom is 0.230 e. The Morgan fingerprint density at radius 3 is 2.71 bits per heavy atom. The fourth-order valence-electron chi connectivity index (χ4n) is 2.07. The Balaban J connectivity index is 2.04.